The van der Waals surface area contributed by atoms with E-state index in [0.717, 1.165) is 71.6 Å². The first-order valence-corrected chi connectivity index (χ1v) is 15.9. The van der Waals surface area contributed by atoms with E-state index in [1.165, 1.54) is 18.0 Å². The van der Waals surface area contributed by atoms with Gasteiger partial charge in [0.2, 0.25) is 5.91 Å². The standard InChI is InChI=1S/C33H33F3N8OS/c1-3-30(45)39-16-21-10-24(38-15-21)18-44-25(14-37)11-27-20(2)22(4-5-29(27)44)17-43-8-6-23(7-9-43)42-31-28-12-26(13-33(34,35)36)46-32(28)41-19-40-31/h3-5,10-12,19,23H,1,6-9,13,15-18H2,2H3,(H,39,45)(H,40,41,42). The van der Waals surface area contributed by atoms with Crippen molar-refractivity contribution in [2.24, 2.45) is 4.99 Å². The van der Waals surface area contributed by atoms with Gasteiger partial charge in [-0.25, -0.2) is 9.97 Å². The van der Waals surface area contributed by atoms with Crippen LogP contribution >= 0.6 is 11.3 Å². The molecule has 1 amide bonds. The van der Waals surface area contributed by atoms with Crippen LogP contribution in [0, 0.1) is 18.3 Å². The molecule has 5 heterocycles. The van der Waals surface area contributed by atoms with Gasteiger partial charge in [0.05, 0.1) is 30.6 Å². The third kappa shape index (κ3) is 6.98. The maximum Gasteiger partial charge on any atom is 0.393 e. The molecule has 0 unspecified atom stereocenters. The predicted molar refractivity (Wildman–Crippen MR) is 174 cm³/mol. The lowest BCUT2D eigenvalue weighted by Crippen LogP contribution is -2.39. The second kappa shape index (κ2) is 13.1. The molecule has 0 radical (unpaired) electrons. The van der Waals surface area contributed by atoms with E-state index in [9.17, 15) is 23.2 Å². The van der Waals surface area contributed by atoms with Crippen molar-refractivity contribution >= 4 is 49.9 Å². The van der Waals surface area contributed by atoms with E-state index in [-0.39, 0.29) is 16.8 Å². The van der Waals surface area contributed by atoms with Crippen molar-refractivity contribution in [2.75, 3.05) is 31.5 Å². The number of allylic oxidation sites excluding steroid dienone is 1. The summed E-state index contributed by atoms with van der Waals surface area (Å²) in [5.41, 5.74) is 5.75. The van der Waals surface area contributed by atoms with Gasteiger partial charge in [-0.2, -0.15) is 18.4 Å². The summed E-state index contributed by atoms with van der Waals surface area (Å²) in [6.45, 7) is 9.46. The van der Waals surface area contributed by atoms with Gasteiger partial charge < -0.3 is 15.2 Å². The van der Waals surface area contributed by atoms with Crippen LogP contribution < -0.4 is 10.6 Å². The molecule has 1 aromatic carbocycles. The van der Waals surface area contributed by atoms with Gasteiger partial charge in [0, 0.05) is 48.0 Å². The number of aliphatic imine (C=N–C) groups is 1. The highest BCUT2D eigenvalue weighted by atomic mass is 32.1. The van der Waals surface area contributed by atoms with E-state index in [2.05, 4.69) is 62.2 Å². The number of aromatic nitrogens is 3. The zero-order valence-electron chi connectivity index (χ0n) is 25.3. The molecule has 13 heteroatoms. The van der Waals surface area contributed by atoms with Crippen molar-refractivity contribution in [3.05, 3.63) is 76.6 Å². The molecule has 0 saturated carbocycles. The molecule has 1 saturated heterocycles. The molecule has 0 bridgehead atoms. The lowest BCUT2D eigenvalue weighted by molar-refractivity contribution is -0.126. The molecule has 6 rings (SSSR count). The van der Waals surface area contributed by atoms with Crippen molar-refractivity contribution < 1.29 is 18.0 Å². The van der Waals surface area contributed by atoms with Crippen molar-refractivity contribution in [3.8, 4) is 6.07 Å². The van der Waals surface area contributed by atoms with Gasteiger partial charge in [-0.3, -0.25) is 14.7 Å². The van der Waals surface area contributed by atoms with Crippen LogP contribution in [0.25, 0.3) is 21.1 Å². The summed E-state index contributed by atoms with van der Waals surface area (Å²) in [5.74, 6) is 0.359. The van der Waals surface area contributed by atoms with Crippen LogP contribution in [0.3, 0.4) is 0 Å². The van der Waals surface area contributed by atoms with Crippen molar-refractivity contribution in [3.63, 3.8) is 0 Å². The first-order chi connectivity index (χ1) is 22.1. The van der Waals surface area contributed by atoms with Crippen LogP contribution in [-0.4, -0.2) is 69.5 Å². The Balaban J connectivity index is 1.09. The number of thiophene rings is 1. The summed E-state index contributed by atoms with van der Waals surface area (Å²) < 4.78 is 40.8. The van der Waals surface area contributed by atoms with Crippen molar-refractivity contribution in [1.29, 1.82) is 5.26 Å². The van der Waals surface area contributed by atoms with Gasteiger partial charge in [-0.15, -0.1) is 11.3 Å². The van der Waals surface area contributed by atoms with E-state index in [1.54, 1.807) is 6.07 Å². The number of fused-ring (bicyclic) bond motifs is 2. The van der Waals surface area contributed by atoms with E-state index < -0.39 is 12.6 Å². The van der Waals surface area contributed by atoms with Crippen LogP contribution in [0.4, 0.5) is 19.0 Å². The van der Waals surface area contributed by atoms with Crippen molar-refractivity contribution in [2.45, 2.75) is 51.5 Å². The minimum Gasteiger partial charge on any atom is -0.367 e. The van der Waals surface area contributed by atoms with Gasteiger partial charge in [0.1, 0.15) is 28.7 Å². The number of likely N-dealkylation sites (tertiary alicyclic amines) is 1. The number of hydrogen-bond acceptors (Lipinski definition) is 8. The number of aryl methyl sites for hydroxylation is 1. The number of nitrogens with one attached hydrogen (secondary N) is 2. The summed E-state index contributed by atoms with van der Waals surface area (Å²) >= 11 is 1.06. The number of hydrogen-bond donors (Lipinski definition) is 2. The van der Waals surface area contributed by atoms with Crippen LogP contribution in [0.5, 0.6) is 0 Å². The second-order valence-electron chi connectivity index (χ2n) is 11.7. The number of piperidine rings is 1. The van der Waals surface area contributed by atoms with Gasteiger partial charge in [-0.05, 0) is 66.8 Å². The number of amides is 1. The van der Waals surface area contributed by atoms with Gasteiger partial charge >= 0.3 is 6.18 Å². The Hall–Kier alpha value is -4.54. The molecule has 0 atom stereocenters. The predicted octanol–water partition coefficient (Wildman–Crippen LogP) is 5.69. The molecule has 1 fully saturated rings. The number of alkyl halides is 3. The van der Waals surface area contributed by atoms with Gasteiger partial charge in [-0.1, -0.05) is 12.6 Å². The normalized spacial score (nSPS) is 16.0. The molecule has 0 spiro atoms. The fourth-order valence-electron chi connectivity index (χ4n) is 6.10. The number of nitrogens with zero attached hydrogens (tertiary/aromatic N) is 6. The minimum absolute atomic E-state index is 0.155. The molecular formula is C33H33F3N8OS. The lowest BCUT2D eigenvalue weighted by atomic mass is 10.0. The first kappa shape index (κ1) is 31.4. The SMILES string of the molecule is C=CC(=O)NCC1=CC(Cn2c(C#N)cc3c(C)c(CN4CCC(Nc5ncnc6sc(CC(F)(F)F)cc56)CC4)ccc32)=NC1. The van der Waals surface area contributed by atoms with Crippen LogP contribution in [0.1, 0.15) is 34.5 Å². The third-order valence-corrected chi connectivity index (χ3v) is 9.55. The Morgan fingerprint density at radius 1 is 1.20 bits per heavy atom. The molecule has 9 nitrogen and oxygen atoms in total. The molecular weight excluding hydrogens is 613 g/mol. The van der Waals surface area contributed by atoms with E-state index in [4.69, 9.17) is 0 Å². The van der Waals surface area contributed by atoms with E-state index in [1.807, 2.05) is 16.7 Å². The fourth-order valence-corrected chi connectivity index (χ4v) is 7.12. The highest BCUT2D eigenvalue weighted by molar-refractivity contribution is 7.18. The number of nitriles is 1. The van der Waals surface area contributed by atoms with E-state index >= 15 is 0 Å². The average Bonchev–Trinajstić information content (AvgIpc) is 3.75. The summed E-state index contributed by atoms with van der Waals surface area (Å²) in [7, 11) is 0. The number of carbonyl (C=O) groups is 1. The molecule has 3 aromatic heterocycles. The molecule has 238 valence electrons. The molecule has 0 aliphatic carbocycles. The quantitative estimate of drug-likeness (QED) is 0.214. The molecule has 2 N–H and O–H groups in total. The smallest absolute Gasteiger partial charge is 0.367 e. The summed E-state index contributed by atoms with van der Waals surface area (Å²) in [5, 5.41) is 17.8. The fraction of sp³-hybridized carbons (Fsp3) is 0.364. The van der Waals surface area contributed by atoms with Crippen LogP contribution in [0.15, 0.2) is 59.9 Å². The number of anilines is 1. The summed E-state index contributed by atoms with van der Waals surface area (Å²) in [4.78, 5) is 27.8. The maximum absolute atomic E-state index is 12.9. The largest absolute Gasteiger partial charge is 0.393 e. The summed E-state index contributed by atoms with van der Waals surface area (Å²) in [6.07, 6.45) is 1.14. The number of halogens is 3. The Bertz CT molecular complexity index is 1910. The van der Waals surface area contributed by atoms with Crippen LogP contribution in [-0.2, 0) is 24.3 Å². The maximum atomic E-state index is 12.9. The number of benzene rings is 1. The second-order valence-corrected chi connectivity index (χ2v) is 12.8. The topological polar surface area (TPSA) is 111 Å². The number of rotatable bonds is 10. The average molecular weight is 647 g/mol. The monoisotopic (exact) mass is 646 g/mol. The Labute approximate surface area is 268 Å². The van der Waals surface area contributed by atoms with Crippen LogP contribution in [0.2, 0.25) is 0 Å². The highest BCUT2D eigenvalue weighted by Gasteiger charge is 2.29. The van der Waals surface area contributed by atoms with Crippen molar-refractivity contribution in [1.82, 2.24) is 24.8 Å². The molecule has 2 aliphatic rings. The first-order valence-electron chi connectivity index (χ1n) is 15.0. The molecule has 4 aromatic rings. The zero-order valence-corrected chi connectivity index (χ0v) is 26.1. The zero-order chi connectivity index (χ0) is 32.4. The Morgan fingerprint density at radius 3 is 2.74 bits per heavy atom. The molecule has 46 heavy (non-hydrogen) atoms. The lowest BCUT2D eigenvalue weighted by Gasteiger charge is -2.33. The Morgan fingerprint density at radius 2 is 2.00 bits per heavy atom. The van der Waals surface area contributed by atoms with E-state index in [0.29, 0.717) is 41.4 Å². The highest BCUT2D eigenvalue weighted by Crippen LogP contribution is 2.33. The minimum atomic E-state index is -4.26. The van der Waals surface area contributed by atoms with Gasteiger partial charge in [0.15, 0.2) is 0 Å². The third-order valence-electron chi connectivity index (χ3n) is 8.51. The number of carbonyl (C=O) groups excluding carboxylic acids is 1. The molecule has 2 aliphatic heterocycles. The van der Waals surface area contributed by atoms with Gasteiger partial charge in [0.25, 0.3) is 0 Å². The summed E-state index contributed by atoms with van der Waals surface area (Å²) in [6, 6.07) is 10.2. The Kier molecular flexibility index (Phi) is 8.93.